The zero-order chi connectivity index (χ0) is 16.5. The Labute approximate surface area is 143 Å². The Balaban J connectivity index is 1.67. The molecule has 2 N–H and O–H groups in total. The minimum absolute atomic E-state index is 0.817. The van der Waals surface area contributed by atoms with E-state index in [9.17, 15) is 0 Å². The van der Waals surface area contributed by atoms with Gasteiger partial charge in [0.1, 0.15) is 0 Å². The van der Waals surface area contributed by atoms with E-state index in [-0.39, 0.29) is 0 Å². The van der Waals surface area contributed by atoms with Crippen molar-refractivity contribution in [1.82, 2.24) is 15.5 Å². The van der Waals surface area contributed by atoms with Crippen molar-refractivity contribution in [3.05, 3.63) is 57.8 Å². The SMILES string of the molecule is CN=C(NCCN(C)Cc1ccccc1)NCc1ccc(C)s1. The molecular weight excluding hydrogens is 304 g/mol. The monoisotopic (exact) mass is 330 g/mol. The smallest absolute Gasteiger partial charge is 0.191 e. The lowest BCUT2D eigenvalue weighted by atomic mass is 10.2. The second-order valence-electron chi connectivity index (χ2n) is 5.59. The van der Waals surface area contributed by atoms with E-state index < -0.39 is 0 Å². The Morgan fingerprint density at radius 2 is 1.91 bits per heavy atom. The van der Waals surface area contributed by atoms with Gasteiger partial charge in [-0.2, -0.15) is 0 Å². The first-order chi connectivity index (χ1) is 11.2. The Hall–Kier alpha value is -1.85. The molecular formula is C18H26N4S. The van der Waals surface area contributed by atoms with E-state index in [1.807, 2.05) is 18.4 Å². The Morgan fingerprint density at radius 1 is 1.13 bits per heavy atom. The van der Waals surface area contributed by atoms with Gasteiger partial charge in [0, 0.05) is 36.4 Å². The van der Waals surface area contributed by atoms with Crippen LogP contribution >= 0.6 is 11.3 Å². The van der Waals surface area contributed by atoms with Gasteiger partial charge in [-0.25, -0.2) is 0 Å². The largest absolute Gasteiger partial charge is 0.355 e. The van der Waals surface area contributed by atoms with Crippen LogP contribution in [0.4, 0.5) is 0 Å². The normalized spacial score (nSPS) is 11.7. The standard InChI is InChI=1S/C18H26N4S/c1-15-9-10-17(23-15)13-21-18(19-2)20-11-12-22(3)14-16-7-5-4-6-8-16/h4-10H,11-14H2,1-3H3,(H2,19,20,21). The highest BCUT2D eigenvalue weighted by molar-refractivity contribution is 7.11. The predicted octanol–water partition coefficient (Wildman–Crippen LogP) is 2.85. The number of thiophene rings is 1. The van der Waals surface area contributed by atoms with Crippen molar-refractivity contribution >= 4 is 17.3 Å². The van der Waals surface area contributed by atoms with Crippen molar-refractivity contribution in [3.8, 4) is 0 Å². The first-order valence-electron chi connectivity index (χ1n) is 7.89. The molecule has 0 saturated heterocycles. The lowest BCUT2D eigenvalue weighted by Gasteiger charge is -2.18. The molecule has 0 aliphatic rings. The zero-order valence-corrected chi connectivity index (χ0v) is 15.0. The Bertz CT molecular complexity index is 606. The van der Waals surface area contributed by atoms with Gasteiger partial charge < -0.3 is 15.5 Å². The van der Waals surface area contributed by atoms with E-state index >= 15 is 0 Å². The van der Waals surface area contributed by atoms with Gasteiger partial charge in [-0.1, -0.05) is 30.3 Å². The van der Waals surface area contributed by atoms with E-state index in [4.69, 9.17) is 0 Å². The number of nitrogens with one attached hydrogen (secondary N) is 2. The number of guanidine groups is 1. The summed E-state index contributed by atoms with van der Waals surface area (Å²) in [5.41, 5.74) is 1.34. The van der Waals surface area contributed by atoms with Crippen LogP contribution in [0, 0.1) is 6.92 Å². The van der Waals surface area contributed by atoms with E-state index in [0.29, 0.717) is 0 Å². The topological polar surface area (TPSA) is 39.7 Å². The fourth-order valence-corrected chi connectivity index (χ4v) is 3.14. The first kappa shape index (κ1) is 17.5. The van der Waals surface area contributed by atoms with Gasteiger partial charge in [-0.3, -0.25) is 4.99 Å². The molecule has 1 aromatic heterocycles. The average Bonchev–Trinajstić information content (AvgIpc) is 2.97. The maximum Gasteiger partial charge on any atom is 0.191 e. The molecule has 2 aromatic rings. The summed E-state index contributed by atoms with van der Waals surface area (Å²) in [6, 6.07) is 14.8. The summed E-state index contributed by atoms with van der Waals surface area (Å²) in [5.74, 6) is 0.851. The first-order valence-corrected chi connectivity index (χ1v) is 8.71. The van der Waals surface area contributed by atoms with Crippen LogP contribution in [0.15, 0.2) is 47.5 Å². The predicted molar refractivity (Wildman–Crippen MR) is 100 cm³/mol. The van der Waals surface area contributed by atoms with Crippen LogP contribution in [-0.4, -0.2) is 38.0 Å². The molecule has 5 heteroatoms. The molecule has 1 heterocycles. The van der Waals surface area contributed by atoms with Gasteiger partial charge in [-0.05, 0) is 31.7 Å². The quantitative estimate of drug-likeness (QED) is 0.606. The van der Waals surface area contributed by atoms with Crippen molar-refractivity contribution in [3.63, 3.8) is 0 Å². The average molecular weight is 331 g/mol. The molecule has 124 valence electrons. The van der Waals surface area contributed by atoms with Crippen molar-refractivity contribution in [2.24, 2.45) is 4.99 Å². The number of nitrogens with zero attached hydrogens (tertiary/aromatic N) is 2. The van der Waals surface area contributed by atoms with Gasteiger partial charge in [0.05, 0.1) is 6.54 Å². The third-order valence-electron chi connectivity index (χ3n) is 3.53. The zero-order valence-electron chi connectivity index (χ0n) is 14.2. The van der Waals surface area contributed by atoms with Gasteiger partial charge in [0.25, 0.3) is 0 Å². The molecule has 4 nitrogen and oxygen atoms in total. The summed E-state index contributed by atoms with van der Waals surface area (Å²) in [5, 5.41) is 6.72. The van der Waals surface area contributed by atoms with E-state index in [0.717, 1.165) is 32.1 Å². The molecule has 0 atom stereocenters. The van der Waals surface area contributed by atoms with Crippen molar-refractivity contribution in [2.45, 2.75) is 20.0 Å². The summed E-state index contributed by atoms with van der Waals surface area (Å²) in [7, 11) is 3.95. The minimum Gasteiger partial charge on any atom is -0.355 e. The third kappa shape index (κ3) is 6.42. The van der Waals surface area contributed by atoms with Crippen molar-refractivity contribution < 1.29 is 0 Å². The fraction of sp³-hybridized carbons (Fsp3) is 0.389. The Kier molecular flexibility index (Phi) is 7.10. The van der Waals surface area contributed by atoms with Crippen LogP contribution in [0.2, 0.25) is 0 Å². The van der Waals surface area contributed by atoms with Gasteiger partial charge in [0.15, 0.2) is 5.96 Å². The molecule has 0 saturated carbocycles. The van der Waals surface area contributed by atoms with Crippen LogP contribution in [-0.2, 0) is 13.1 Å². The van der Waals surface area contributed by atoms with Crippen molar-refractivity contribution in [1.29, 1.82) is 0 Å². The minimum atomic E-state index is 0.817. The second kappa shape index (κ2) is 9.33. The molecule has 0 amide bonds. The molecule has 1 aromatic carbocycles. The van der Waals surface area contributed by atoms with Gasteiger partial charge in [0.2, 0.25) is 0 Å². The molecule has 2 rings (SSSR count). The number of rotatable bonds is 7. The van der Waals surface area contributed by atoms with Crippen LogP contribution in [0.25, 0.3) is 0 Å². The molecule has 0 aliphatic heterocycles. The molecule has 0 fully saturated rings. The number of likely N-dealkylation sites (N-methyl/N-ethyl adjacent to an activating group) is 1. The fourth-order valence-electron chi connectivity index (χ4n) is 2.31. The lowest BCUT2D eigenvalue weighted by molar-refractivity contribution is 0.331. The number of aliphatic imine (C=N–C) groups is 1. The third-order valence-corrected chi connectivity index (χ3v) is 4.53. The van der Waals surface area contributed by atoms with E-state index in [1.165, 1.54) is 15.3 Å². The van der Waals surface area contributed by atoms with Crippen molar-refractivity contribution in [2.75, 3.05) is 27.2 Å². The molecule has 0 bridgehead atoms. The van der Waals surface area contributed by atoms with E-state index in [1.54, 1.807) is 0 Å². The molecule has 0 radical (unpaired) electrons. The maximum atomic E-state index is 4.27. The molecule has 0 unspecified atom stereocenters. The van der Waals surface area contributed by atoms with Crippen LogP contribution in [0.3, 0.4) is 0 Å². The molecule has 23 heavy (non-hydrogen) atoms. The lowest BCUT2D eigenvalue weighted by Crippen LogP contribution is -2.40. The summed E-state index contributed by atoms with van der Waals surface area (Å²) in [4.78, 5) is 9.24. The number of hydrogen-bond donors (Lipinski definition) is 2. The number of benzene rings is 1. The Morgan fingerprint density at radius 3 is 2.57 bits per heavy atom. The summed E-state index contributed by atoms with van der Waals surface area (Å²) < 4.78 is 0. The second-order valence-corrected chi connectivity index (χ2v) is 6.96. The molecule has 0 aliphatic carbocycles. The summed E-state index contributed by atoms with van der Waals surface area (Å²) in [6.45, 7) is 5.74. The van der Waals surface area contributed by atoms with Crippen LogP contribution < -0.4 is 10.6 Å². The molecule has 0 spiro atoms. The summed E-state index contributed by atoms with van der Waals surface area (Å²) >= 11 is 1.82. The van der Waals surface area contributed by atoms with Crippen LogP contribution in [0.5, 0.6) is 0 Å². The highest BCUT2D eigenvalue weighted by Gasteiger charge is 2.02. The summed E-state index contributed by atoms with van der Waals surface area (Å²) in [6.07, 6.45) is 0. The highest BCUT2D eigenvalue weighted by Crippen LogP contribution is 2.14. The highest BCUT2D eigenvalue weighted by atomic mass is 32.1. The van der Waals surface area contributed by atoms with Gasteiger partial charge >= 0.3 is 0 Å². The van der Waals surface area contributed by atoms with Crippen LogP contribution in [0.1, 0.15) is 15.3 Å². The van der Waals surface area contributed by atoms with Gasteiger partial charge in [-0.15, -0.1) is 11.3 Å². The number of hydrogen-bond acceptors (Lipinski definition) is 3. The van der Waals surface area contributed by atoms with E-state index in [2.05, 4.69) is 77.0 Å². The maximum absolute atomic E-state index is 4.27. The number of aryl methyl sites for hydroxylation is 1.